The smallest absolute Gasteiger partial charge is 0.168 e. The molecular weight excluding hydrogens is 260 g/mol. The zero-order valence-corrected chi connectivity index (χ0v) is 11.3. The second-order valence-corrected chi connectivity index (χ2v) is 5.09. The lowest BCUT2D eigenvalue weighted by Crippen LogP contribution is -1.99. The Bertz CT molecular complexity index is 683. The van der Waals surface area contributed by atoms with Gasteiger partial charge in [-0.3, -0.25) is 4.79 Å². The van der Waals surface area contributed by atoms with Gasteiger partial charge in [-0.2, -0.15) is 0 Å². The van der Waals surface area contributed by atoms with Crippen LogP contribution in [0.5, 0.6) is 0 Å². The second-order valence-electron chi connectivity index (χ2n) is 4.56. The van der Waals surface area contributed by atoms with E-state index in [9.17, 15) is 4.79 Å². The van der Waals surface area contributed by atoms with Gasteiger partial charge in [0.05, 0.1) is 18.1 Å². The van der Waals surface area contributed by atoms with Crippen molar-refractivity contribution < 1.29 is 9.53 Å². The standard InChI is InChI=1S/C16H13ClO2/c1-19-16-13(17)9-14(18)15(16)12-8-4-6-10-5-2-3-7-11(10)12/h2-8,13H,9H2,1H3. The highest BCUT2D eigenvalue weighted by molar-refractivity contribution is 6.34. The summed E-state index contributed by atoms with van der Waals surface area (Å²) in [6.07, 6.45) is 0.309. The molecule has 0 saturated heterocycles. The van der Waals surface area contributed by atoms with E-state index in [4.69, 9.17) is 16.3 Å². The summed E-state index contributed by atoms with van der Waals surface area (Å²) in [5.74, 6) is 0.635. The number of carbonyl (C=O) groups excluding carboxylic acids is 1. The van der Waals surface area contributed by atoms with Gasteiger partial charge >= 0.3 is 0 Å². The van der Waals surface area contributed by atoms with Gasteiger partial charge in [-0.15, -0.1) is 11.6 Å². The SMILES string of the molecule is COC1=C(c2cccc3ccccc23)C(=O)CC1Cl. The van der Waals surface area contributed by atoms with Crippen LogP contribution < -0.4 is 0 Å². The summed E-state index contributed by atoms with van der Waals surface area (Å²) < 4.78 is 5.34. The van der Waals surface area contributed by atoms with Crippen LogP contribution in [0, 0.1) is 0 Å². The number of hydrogen-bond acceptors (Lipinski definition) is 2. The van der Waals surface area contributed by atoms with Gasteiger partial charge in [0, 0.05) is 6.42 Å². The molecule has 2 nitrogen and oxygen atoms in total. The van der Waals surface area contributed by atoms with Crippen molar-refractivity contribution in [2.24, 2.45) is 0 Å². The zero-order chi connectivity index (χ0) is 13.4. The first-order chi connectivity index (χ1) is 9.22. The summed E-state index contributed by atoms with van der Waals surface area (Å²) in [4.78, 5) is 12.2. The Morgan fingerprint density at radius 3 is 2.68 bits per heavy atom. The molecule has 2 aromatic carbocycles. The number of ketones is 1. The van der Waals surface area contributed by atoms with Crippen molar-refractivity contribution in [3.05, 3.63) is 53.8 Å². The Kier molecular flexibility index (Phi) is 3.03. The Balaban J connectivity index is 2.30. The molecule has 3 rings (SSSR count). The molecular formula is C16H13ClO2. The molecule has 0 amide bonds. The monoisotopic (exact) mass is 272 g/mol. The lowest BCUT2D eigenvalue weighted by atomic mass is 9.97. The summed E-state index contributed by atoms with van der Waals surface area (Å²) >= 11 is 6.17. The molecule has 19 heavy (non-hydrogen) atoms. The van der Waals surface area contributed by atoms with Crippen LogP contribution in [0.2, 0.25) is 0 Å². The van der Waals surface area contributed by atoms with E-state index in [1.165, 1.54) is 0 Å². The fraction of sp³-hybridized carbons (Fsp3) is 0.188. The number of rotatable bonds is 2. The maximum Gasteiger partial charge on any atom is 0.168 e. The molecule has 0 aliphatic heterocycles. The summed E-state index contributed by atoms with van der Waals surface area (Å²) in [7, 11) is 1.56. The zero-order valence-electron chi connectivity index (χ0n) is 10.5. The normalized spacial score (nSPS) is 19.3. The van der Waals surface area contributed by atoms with E-state index in [-0.39, 0.29) is 11.2 Å². The first-order valence-corrected chi connectivity index (χ1v) is 6.59. The number of Topliss-reactive ketones (excluding diaryl/α,β-unsaturated/α-hetero) is 1. The molecule has 0 fully saturated rings. The topological polar surface area (TPSA) is 26.3 Å². The number of alkyl halides is 1. The van der Waals surface area contributed by atoms with Gasteiger partial charge < -0.3 is 4.74 Å². The van der Waals surface area contributed by atoms with E-state index in [0.29, 0.717) is 17.8 Å². The van der Waals surface area contributed by atoms with Crippen molar-refractivity contribution in [1.29, 1.82) is 0 Å². The minimum absolute atomic E-state index is 0.0493. The number of carbonyl (C=O) groups is 1. The minimum atomic E-state index is -0.355. The number of benzene rings is 2. The Labute approximate surface area is 116 Å². The molecule has 96 valence electrons. The number of hydrogen-bond donors (Lipinski definition) is 0. The lowest BCUT2D eigenvalue weighted by molar-refractivity contribution is -0.113. The third kappa shape index (κ3) is 1.92. The van der Waals surface area contributed by atoms with Crippen LogP contribution >= 0.6 is 11.6 Å². The van der Waals surface area contributed by atoms with E-state index in [2.05, 4.69) is 0 Å². The van der Waals surface area contributed by atoms with Gasteiger partial charge in [-0.05, 0) is 16.3 Å². The molecule has 1 aliphatic carbocycles. The molecule has 0 bridgehead atoms. The van der Waals surface area contributed by atoms with Crippen molar-refractivity contribution in [1.82, 2.24) is 0 Å². The predicted octanol–water partition coefficient (Wildman–Crippen LogP) is 3.78. The van der Waals surface area contributed by atoms with E-state index >= 15 is 0 Å². The fourth-order valence-electron chi connectivity index (χ4n) is 2.61. The molecule has 0 aromatic heterocycles. The van der Waals surface area contributed by atoms with Gasteiger partial charge in [0.15, 0.2) is 5.78 Å². The van der Waals surface area contributed by atoms with Crippen molar-refractivity contribution in [2.45, 2.75) is 11.8 Å². The molecule has 0 saturated carbocycles. The Morgan fingerprint density at radius 1 is 1.16 bits per heavy atom. The summed E-state index contributed by atoms with van der Waals surface area (Å²) in [5.41, 5.74) is 1.53. The Hall–Kier alpha value is -1.80. The molecule has 2 aromatic rings. The van der Waals surface area contributed by atoms with Crippen molar-refractivity contribution >= 4 is 33.7 Å². The lowest BCUT2D eigenvalue weighted by Gasteiger charge is -2.10. The third-order valence-corrected chi connectivity index (χ3v) is 3.81. The highest BCUT2D eigenvalue weighted by Crippen LogP contribution is 2.37. The average Bonchev–Trinajstić information content (AvgIpc) is 2.72. The average molecular weight is 273 g/mol. The van der Waals surface area contributed by atoms with Crippen LogP contribution in [0.1, 0.15) is 12.0 Å². The number of methoxy groups -OCH3 is 1. The predicted molar refractivity (Wildman–Crippen MR) is 77.1 cm³/mol. The first-order valence-electron chi connectivity index (χ1n) is 6.16. The van der Waals surface area contributed by atoms with Crippen LogP contribution in [-0.4, -0.2) is 18.3 Å². The molecule has 1 atom stereocenters. The summed E-state index contributed by atoms with van der Waals surface area (Å²) in [6, 6.07) is 13.9. The van der Waals surface area contributed by atoms with Crippen molar-refractivity contribution in [2.75, 3.05) is 7.11 Å². The minimum Gasteiger partial charge on any atom is -0.499 e. The second kappa shape index (κ2) is 4.71. The highest BCUT2D eigenvalue weighted by atomic mass is 35.5. The van der Waals surface area contributed by atoms with Crippen molar-refractivity contribution in [3.8, 4) is 0 Å². The molecule has 3 heteroatoms. The van der Waals surface area contributed by atoms with Crippen LogP contribution in [0.15, 0.2) is 48.2 Å². The maximum absolute atomic E-state index is 12.2. The van der Waals surface area contributed by atoms with Crippen LogP contribution in [-0.2, 0) is 9.53 Å². The van der Waals surface area contributed by atoms with Crippen molar-refractivity contribution in [3.63, 3.8) is 0 Å². The maximum atomic E-state index is 12.2. The molecule has 0 N–H and O–H groups in total. The third-order valence-electron chi connectivity index (χ3n) is 3.45. The molecule has 1 aliphatic rings. The number of ether oxygens (including phenoxy) is 1. The number of fused-ring (bicyclic) bond motifs is 1. The van der Waals surface area contributed by atoms with Gasteiger partial charge in [0.1, 0.15) is 5.76 Å². The number of allylic oxidation sites excluding steroid dienone is 2. The molecule has 0 radical (unpaired) electrons. The summed E-state index contributed by atoms with van der Waals surface area (Å²) in [5, 5.41) is 1.80. The van der Waals surface area contributed by atoms with Gasteiger partial charge in [-0.1, -0.05) is 42.5 Å². The van der Waals surface area contributed by atoms with Crippen LogP contribution in [0.4, 0.5) is 0 Å². The fourth-order valence-corrected chi connectivity index (χ4v) is 2.95. The van der Waals surface area contributed by atoms with E-state index in [1.807, 2.05) is 42.5 Å². The van der Waals surface area contributed by atoms with E-state index in [0.717, 1.165) is 16.3 Å². The van der Waals surface area contributed by atoms with Gasteiger partial charge in [-0.25, -0.2) is 0 Å². The highest BCUT2D eigenvalue weighted by Gasteiger charge is 2.33. The molecule has 0 spiro atoms. The van der Waals surface area contributed by atoms with Crippen LogP contribution in [0.3, 0.4) is 0 Å². The number of halogens is 1. The molecule has 1 unspecified atom stereocenters. The van der Waals surface area contributed by atoms with Crippen LogP contribution in [0.25, 0.3) is 16.3 Å². The largest absolute Gasteiger partial charge is 0.499 e. The first kappa shape index (κ1) is 12.2. The molecule has 0 heterocycles. The quantitative estimate of drug-likeness (QED) is 0.778. The Morgan fingerprint density at radius 2 is 1.89 bits per heavy atom. The summed E-state index contributed by atoms with van der Waals surface area (Å²) in [6.45, 7) is 0. The van der Waals surface area contributed by atoms with Gasteiger partial charge in [0.2, 0.25) is 0 Å². The van der Waals surface area contributed by atoms with E-state index < -0.39 is 0 Å². The van der Waals surface area contributed by atoms with E-state index in [1.54, 1.807) is 7.11 Å². The van der Waals surface area contributed by atoms with Gasteiger partial charge in [0.25, 0.3) is 0 Å².